The molecule has 0 saturated carbocycles. The summed E-state index contributed by atoms with van der Waals surface area (Å²) in [5.74, 6) is 0.832. The lowest BCUT2D eigenvalue weighted by Gasteiger charge is -2.25. The molecule has 0 spiro atoms. The zero-order valence-electron chi connectivity index (χ0n) is 12.7. The van der Waals surface area contributed by atoms with Crippen LogP contribution in [0.15, 0.2) is 36.8 Å². The van der Waals surface area contributed by atoms with Crippen LogP contribution in [-0.4, -0.2) is 38.2 Å². The molecule has 3 nitrogen and oxygen atoms in total. The van der Waals surface area contributed by atoms with E-state index in [1.165, 1.54) is 0 Å². The molecule has 0 aromatic heterocycles. The van der Waals surface area contributed by atoms with E-state index in [0.29, 0.717) is 0 Å². The Morgan fingerprint density at radius 1 is 1.17 bits per heavy atom. The van der Waals surface area contributed by atoms with E-state index in [-0.39, 0.29) is 0 Å². The van der Waals surface area contributed by atoms with E-state index in [1.54, 1.807) is 13.2 Å². The van der Waals surface area contributed by atoms with Crippen molar-refractivity contribution in [2.75, 3.05) is 33.3 Å². The fourth-order valence-electron chi connectivity index (χ4n) is 1.32. The summed E-state index contributed by atoms with van der Waals surface area (Å²) in [6.45, 7) is 15.9. The number of ether oxygens (including phenoxy) is 1. The minimum Gasteiger partial charge on any atom is -0.497 e. The van der Waals surface area contributed by atoms with Crippen LogP contribution in [0.4, 0.5) is 0 Å². The number of hydrogen-bond donors (Lipinski definition) is 1. The second kappa shape index (κ2) is 15.8. The highest BCUT2D eigenvalue weighted by Crippen LogP contribution is 2.00. The van der Waals surface area contributed by atoms with Gasteiger partial charge in [-0.15, -0.1) is 0 Å². The molecular weight excluding hydrogens is 224 g/mol. The first-order valence-corrected chi connectivity index (χ1v) is 6.86. The van der Waals surface area contributed by atoms with Gasteiger partial charge in [-0.2, -0.15) is 0 Å². The summed E-state index contributed by atoms with van der Waals surface area (Å²) in [4.78, 5) is 2.27. The summed E-state index contributed by atoms with van der Waals surface area (Å²) >= 11 is 0. The molecule has 18 heavy (non-hydrogen) atoms. The molecule has 1 aliphatic heterocycles. The van der Waals surface area contributed by atoms with Gasteiger partial charge in [-0.3, -0.25) is 0 Å². The third kappa shape index (κ3) is 9.97. The fraction of sp³-hybridized carbons (Fsp3) is 0.600. The molecule has 0 aromatic carbocycles. The van der Waals surface area contributed by atoms with Crippen LogP contribution in [-0.2, 0) is 4.74 Å². The molecule has 106 valence electrons. The quantitative estimate of drug-likeness (QED) is 0.616. The second-order valence-corrected chi connectivity index (χ2v) is 3.11. The Labute approximate surface area is 113 Å². The Hall–Kier alpha value is -1.22. The molecule has 0 bridgehead atoms. The first-order chi connectivity index (χ1) is 8.86. The normalized spacial score (nSPS) is 15.2. The molecule has 1 rings (SSSR count). The van der Waals surface area contributed by atoms with Crippen molar-refractivity contribution < 1.29 is 4.74 Å². The van der Waals surface area contributed by atoms with Gasteiger partial charge in [0.15, 0.2) is 0 Å². The van der Waals surface area contributed by atoms with Gasteiger partial charge < -0.3 is 15.0 Å². The third-order valence-electron chi connectivity index (χ3n) is 2.12. The van der Waals surface area contributed by atoms with Gasteiger partial charge in [0, 0.05) is 32.4 Å². The molecule has 0 aromatic rings. The lowest BCUT2D eigenvalue weighted by Crippen LogP contribution is -2.40. The number of rotatable bonds is 4. The lowest BCUT2D eigenvalue weighted by atomic mass is 10.3. The second-order valence-electron chi connectivity index (χ2n) is 3.11. The predicted molar refractivity (Wildman–Crippen MR) is 81.6 cm³/mol. The largest absolute Gasteiger partial charge is 0.497 e. The van der Waals surface area contributed by atoms with E-state index >= 15 is 0 Å². The van der Waals surface area contributed by atoms with Crippen molar-refractivity contribution in [2.45, 2.75) is 27.7 Å². The van der Waals surface area contributed by atoms with Crippen LogP contribution in [0, 0.1) is 0 Å². The van der Waals surface area contributed by atoms with Gasteiger partial charge in [0.2, 0.25) is 0 Å². The number of piperazine rings is 1. The van der Waals surface area contributed by atoms with Crippen molar-refractivity contribution >= 4 is 0 Å². The maximum absolute atomic E-state index is 5.14. The van der Waals surface area contributed by atoms with Crippen LogP contribution in [0.3, 0.4) is 0 Å². The van der Waals surface area contributed by atoms with Crippen molar-refractivity contribution in [1.82, 2.24) is 10.2 Å². The zero-order chi connectivity index (χ0) is 14.2. The zero-order valence-corrected chi connectivity index (χ0v) is 12.7. The van der Waals surface area contributed by atoms with Crippen molar-refractivity contribution in [3.63, 3.8) is 0 Å². The maximum atomic E-state index is 5.14. The van der Waals surface area contributed by atoms with Crippen molar-refractivity contribution in [1.29, 1.82) is 0 Å². The summed E-state index contributed by atoms with van der Waals surface area (Å²) in [6, 6.07) is 0. The molecule has 3 heteroatoms. The van der Waals surface area contributed by atoms with Gasteiger partial charge in [0.1, 0.15) is 5.76 Å². The van der Waals surface area contributed by atoms with E-state index in [4.69, 9.17) is 4.74 Å². The Morgan fingerprint density at radius 3 is 2.17 bits per heavy atom. The van der Waals surface area contributed by atoms with Crippen LogP contribution in [0.25, 0.3) is 0 Å². The molecule has 1 saturated heterocycles. The minimum atomic E-state index is 0.832. The molecule has 1 heterocycles. The number of nitrogens with zero attached hydrogens (tertiary/aromatic N) is 1. The van der Waals surface area contributed by atoms with Gasteiger partial charge in [0.05, 0.1) is 7.11 Å². The van der Waals surface area contributed by atoms with Crippen LogP contribution >= 0.6 is 0 Å². The summed E-state index contributed by atoms with van der Waals surface area (Å²) in [6.07, 6.45) is 7.60. The standard InChI is InChI=1S/C11H18N2O.2C2H6/c1-3-4-11(14-2)5-8-13-9-6-12-7-10-13;2*1-2/h3-5,8,12H,1,6-7,9-10H2,2H3;2*1-2H3/b8-5+,11-4+;;. The highest BCUT2D eigenvalue weighted by atomic mass is 16.5. The monoisotopic (exact) mass is 254 g/mol. The highest BCUT2D eigenvalue weighted by molar-refractivity contribution is 5.16. The van der Waals surface area contributed by atoms with Crippen molar-refractivity contribution in [2.24, 2.45) is 0 Å². The highest BCUT2D eigenvalue weighted by Gasteiger charge is 2.03. The van der Waals surface area contributed by atoms with E-state index in [0.717, 1.165) is 31.9 Å². The average Bonchev–Trinajstić information content (AvgIpc) is 2.49. The van der Waals surface area contributed by atoms with Crippen LogP contribution < -0.4 is 5.32 Å². The first-order valence-electron chi connectivity index (χ1n) is 6.86. The van der Waals surface area contributed by atoms with Gasteiger partial charge in [-0.05, 0) is 12.2 Å². The molecule has 0 aliphatic carbocycles. The predicted octanol–water partition coefficient (Wildman–Crippen LogP) is 3.17. The van der Waals surface area contributed by atoms with Gasteiger partial charge in [-0.1, -0.05) is 40.3 Å². The number of nitrogens with one attached hydrogen (secondary N) is 1. The Morgan fingerprint density at radius 2 is 1.72 bits per heavy atom. The Balaban J connectivity index is 0. The van der Waals surface area contributed by atoms with Crippen molar-refractivity contribution in [3.05, 3.63) is 36.8 Å². The molecule has 1 aliphatic rings. The molecule has 0 radical (unpaired) electrons. The molecular formula is C15H30N2O. The van der Waals surface area contributed by atoms with Gasteiger partial charge in [0.25, 0.3) is 0 Å². The van der Waals surface area contributed by atoms with E-state index in [1.807, 2.05) is 39.8 Å². The molecule has 1 fully saturated rings. The van der Waals surface area contributed by atoms with E-state index < -0.39 is 0 Å². The Kier molecular flexibility index (Phi) is 16.8. The lowest BCUT2D eigenvalue weighted by molar-refractivity contribution is 0.298. The molecule has 0 atom stereocenters. The smallest absolute Gasteiger partial charge is 0.120 e. The Bertz CT molecular complexity index is 229. The average molecular weight is 254 g/mol. The van der Waals surface area contributed by atoms with Gasteiger partial charge >= 0.3 is 0 Å². The maximum Gasteiger partial charge on any atom is 0.120 e. The summed E-state index contributed by atoms with van der Waals surface area (Å²) in [7, 11) is 1.66. The topological polar surface area (TPSA) is 24.5 Å². The van der Waals surface area contributed by atoms with Gasteiger partial charge in [-0.25, -0.2) is 0 Å². The minimum absolute atomic E-state index is 0.832. The van der Waals surface area contributed by atoms with E-state index in [9.17, 15) is 0 Å². The van der Waals surface area contributed by atoms with Crippen LogP contribution in [0.1, 0.15) is 27.7 Å². The first kappa shape index (κ1) is 19.1. The molecule has 1 N–H and O–H groups in total. The van der Waals surface area contributed by atoms with Crippen LogP contribution in [0.2, 0.25) is 0 Å². The number of methoxy groups -OCH3 is 1. The molecule has 0 unspecified atom stereocenters. The SMILES string of the molecule is C=C/C=C(\C=C\N1CCNCC1)OC.CC.CC. The number of hydrogen-bond acceptors (Lipinski definition) is 3. The summed E-state index contributed by atoms with van der Waals surface area (Å²) < 4.78 is 5.14. The third-order valence-corrected chi connectivity index (χ3v) is 2.12. The summed E-state index contributed by atoms with van der Waals surface area (Å²) in [5, 5.41) is 3.30. The van der Waals surface area contributed by atoms with Crippen LogP contribution in [0.5, 0.6) is 0 Å². The van der Waals surface area contributed by atoms with Crippen molar-refractivity contribution in [3.8, 4) is 0 Å². The molecule has 0 amide bonds. The summed E-state index contributed by atoms with van der Waals surface area (Å²) in [5.41, 5.74) is 0. The van der Waals surface area contributed by atoms with E-state index in [2.05, 4.69) is 23.0 Å². The fourth-order valence-corrected chi connectivity index (χ4v) is 1.32. The number of allylic oxidation sites excluding steroid dienone is 3.